The first-order chi connectivity index (χ1) is 34.0. The highest BCUT2D eigenvalue weighted by Gasteiger charge is 2.27. The van der Waals surface area contributed by atoms with Gasteiger partial charge >= 0.3 is 19.8 Å². The highest BCUT2D eigenvalue weighted by Crippen LogP contribution is 2.43. The average Bonchev–Trinajstić information content (AvgIpc) is 3.32. The smallest absolute Gasteiger partial charge is 0.462 e. The van der Waals surface area contributed by atoms with Crippen molar-refractivity contribution < 1.29 is 42.1 Å². The Balaban J connectivity index is 3.89. The molecule has 0 fully saturated rings. The quantitative estimate of drug-likeness (QED) is 0.0211. The van der Waals surface area contributed by atoms with E-state index in [1.807, 2.05) is 21.1 Å². The fourth-order valence-corrected chi connectivity index (χ4v) is 7.81. The Kier molecular flexibility index (Phi) is 48.2. The van der Waals surface area contributed by atoms with Crippen molar-refractivity contribution in [1.82, 2.24) is 0 Å². The number of phosphoric acid groups is 1. The second-order valence-electron chi connectivity index (χ2n) is 19.2. The van der Waals surface area contributed by atoms with Crippen LogP contribution in [-0.4, -0.2) is 74.9 Å². The van der Waals surface area contributed by atoms with Crippen LogP contribution in [0.15, 0.2) is 109 Å². The molecule has 70 heavy (non-hydrogen) atoms. The first-order valence-electron chi connectivity index (χ1n) is 27.6. The van der Waals surface area contributed by atoms with Crippen LogP contribution < -0.4 is 0 Å². The Morgan fingerprint density at radius 1 is 0.457 bits per heavy atom. The van der Waals surface area contributed by atoms with Gasteiger partial charge in [0.15, 0.2) is 6.10 Å². The van der Waals surface area contributed by atoms with Gasteiger partial charge in [0.2, 0.25) is 0 Å². The summed E-state index contributed by atoms with van der Waals surface area (Å²) >= 11 is 0. The number of nitrogens with zero attached hydrogens (tertiary/aromatic N) is 1. The van der Waals surface area contributed by atoms with Crippen molar-refractivity contribution in [2.75, 3.05) is 47.5 Å². The number of hydrogen-bond donors (Lipinski definition) is 1. The van der Waals surface area contributed by atoms with Crippen molar-refractivity contribution in [3.8, 4) is 0 Å². The van der Waals surface area contributed by atoms with Gasteiger partial charge in [-0.1, -0.05) is 220 Å². The minimum absolute atomic E-state index is 0.0285. The number of carbonyl (C=O) groups excluding carboxylic acids is 2. The zero-order chi connectivity index (χ0) is 51.3. The van der Waals surface area contributed by atoms with E-state index in [-0.39, 0.29) is 32.0 Å². The Labute approximate surface area is 429 Å². The van der Waals surface area contributed by atoms with Crippen LogP contribution in [0, 0.1) is 0 Å². The summed E-state index contributed by atoms with van der Waals surface area (Å²) in [5.74, 6) is -0.817. The number of phosphoric ester groups is 1. The molecule has 1 N–H and O–H groups in total. The summed E-state index contributed by atoms with van der Waals surface area (Å²) in [6.45, 7) is 4.20. The minimum Gasteiger partial charge on any atom is -0.462 e. The van der Waals surface area contributed by atoms with Crippen LogP contribution in [-0.2, 0) is 32.7 Å². The molecule has 0 aliphatic rings. The molecule has 0 saturated heterocycles. The number of ether oxygens (including phenoxy) is 2. The molecule has 0 aliphatic carbocycles. The first kappa shape index (κ1) is 66.7. The third-order valence-electron chi connectivity index (χ3n) is 11.3. The monoisotopic (exact) mass is 997 g/mol. The SMILES string of the molecule is CC/C=C\C/C=C\C/C=C\C/C=C\C/C=C\C/C=C\C/C=C\C/C=C\C/C=C\CCCCCCCCCCCCCCCC(=O)OC(COC(=O)CCCCCCC)COP(=O)(O)OCC[N+](C)(C)C. The second kappa shape index (κ2) is 50.6. The molecule has 9 nitrogen and oxygen atoms in total. The van der Waals surface area contributed by atoms with Crippen LogP contribution in [0.25, 0.3) is 0 Å². The van der Waals surface area contributed by atoms with Crippen LogP contribution in [0.2, 0.25) is 0 Å². The van der Waals surface area contributed by atoms with Gasteiger partial charge in [-0.3, -0.25) is 18.6 Å². The van der Waals surface area contributed by atoms with Crippen LogP contribution >= 0.6 is 7.82 Å². The fourth-order valence-electron chi connectivity index (χ4n) is 7.07. The molecule has 0 rings (SSSR count). The highest BCUT2D eigenvalue weighted by atomic mass is 31.2. The minimum atomic E-state index is -4.37. The third-order valence-corrected chi connectivity index (χ3v) is 12.3. The molecule has 0 aliphatic heterocycles. The molecular weight excluding hydrogens is 894 g/mol. The van der Waals surface area contributed by atoms with Crippen molar-refractivity contribution in [1.29, 1.82) is 0 Å². The van der Waals surface area contributed by atoms with E-state index in [1.165, 1.54) is 64.2 Å². The molecule has 0 amide bonds. The zero-order valence-electron chi connectivity index (χ0n) is 45.2. The first-order valence-corrected chi connectivity index (χ1v) is 29.1. The van der Waals surface area contributed by atoms with Crippen LogP contribution in [0.1, 0.15) is 206 Å². The lowest BCUT2D eigenvalue weighted by Gasteiger charge is -2.24. The van der Waals surface area contributed by atoms with Crippen molar-refractivity contribution >= 4 is 19.8 Å². The number of allylic oxidation sites excluding steroid dienone is 18. The average molecular weight is 997 g/mol. The molecule has 2 unspecified atom stereocenters. The van der Waals surface area contributed by atoms with E-state index >= 15 is 0 Å². The summed E-state index contributed by atoms with van der Waals surface area (Å²) < 4.78 is 34.2. The molecular formula is C60H103NO8P+. The molecule has 0 spiro atoms. The van der Waals surface area contributed by atoms with E-state index < -0.39 is 26.5 Å². The molecule has 0 aromatic carbocycles. The van der Waals surface area contributed by atoms with Crippen LogP contribution in [0.4, 0.5) is 0 Å². The van der Waals surface area contributed by atoms with Crippen molar-refractivity contribution in [3.63, 3.8) is 0 Å². The summed E-state index contributed by atoms with van der Waals surface area (Å²) in [4.78, 5) is 35.1. The predicted molar refractivity (Wildman–Crippen MR) is 298 cm³/mol. The van der Waals surface area contributed by atoms with Crippen molar-refractivity contribution in [2.45, 2.75) is 213 Å². The second-order valence-corrected chi connectivity index (χ2v) is 20.7. The maximum Gasteiger partial charge on any atom is 0.472 e. The fraction of sp³-hybridized carbons (Fsp3) is 0.667. The molecule has 2 atom stereocenters. The molecule has 0 aromatic rings. The van der Waals surface area contributed by atoms with Gasteiger partial charge in [-0.25, -0.2) is 4.57 Å². The molecule has 0 heterocycles. The maximum absolute atomic E-state index is 12.7. The van der Waals surface area contributed by atoms with Crippen molar-refractivity contribution in [3.05, 3.63) is 109 Å². The summed E-state index contributed by atoms with van der Waals surface area (Å²) in [5.41, 5.74) is 0. The van der Waals surface area contributed by atoms with Gasteiger partial charge in [0.05, 0.1) is 27.7 Å². The molecule has 400 valence electrons. The Morgan fingerprint density at radius 3 is 1.21 bits per heavy atom. The number of quaternary nitrogens is 1. The Morgan fingerprint density at radius 2 is 0.814 bits per heavy atom. The summed E-state index contributed by atoms with van der Waals surface area (Å²) in [5, 5.41) is 0. The molecule has 0 saturated carbocycles. The predicted octanol–water partition coefficient (Wildman–Crippen LogP) is 17.0. The van der Waals surface area contributed by atoms with Gasteiger partial charge < -0.3 is 18.9 Å². The van der Waals surface area contributed by atoms with E-state index in [2.05, 4.69) is 123 Å². The lowest BCUT2D eigenvalue weighted by Crippen LogP contribution is -2.37. The summed E-state index contributed by atoms with van der Waals surface area (Å²) in [7, 11) is 1.47. The topological polar surface area (TPSA) is 108 Å². The number of likely N-dealkylation sites (N-methyl/N-ethyl adjacent to an activating group) is 1. The molecule has 10 heteroatoms. The van der Waals surface area contributed by atoms with Crippen LogP contribution in [0.5, 0.6) is 0 Å². The zero-order valence-corrected chi connectivity index (χ0v) is 46.1. The van der Waals surface area contributed by atoms with E-state index in [4.69, 9.17) is 18.5 Å². The largest absolute Gasteiger partial charge is 0.472 e. The molecule has 0 aromatic heterocycles. The highest BCUT2D eigenvalue weighted by molar-refractivity contribution is 7.47. The van der Waals surface area contributed by atoms with Gasteiger partial charge in [0.25, 0.3) is 0 Å². The third kappa shape index (κ3) is 54.0. The van der Waals surface area contributed by atoms with Gasteiger partial charge in [-0.05, 0) is 83.5 Å². The van der Waals surface area contributed by atoms with E-state index in [1.54, 1.807) is 0 Å². The Hall–Kier alpha value is -3.33. The summed E-state index contributed by atoms with van der Waals surface area (Å²) in [6.07, 6.45) is 70.8. The van der Waals surface area contributed by atoms with Gasteiger partial charge in [-0.2, -0.15) is 0 Å². The van der Waals surface area contributed by atoms with E-state index in [0.717, 1.165) is 109 Å². The normalized spacial score (nSPS) is 14.2. The van der Waals surface area contributed by atoms with Gasteiger partial charge in [-0.15, -0.1) is 0 Å². The maximum atomic E-state index is 12.7. The van der Waals surface area contributed by atoms with E-state index in [9.17, 15) is 19.0 Å². The number of carbonyl (C=O) groups is 2. The van der Waals surface area contributed by atoms with Gasteiger partial charge in [0, 0.05) is 12.8 Å². The van der Waals surface area contributed by atoms with Gasteiger partial charge in [0.1, 0.15) is 19.8 Å². The number of esters is 2. The standard InChI is InChI=1S/C60H102NO8P/c1-6-8-10-12-13-14-15-16-17-18-19-20-21-22-23-24-25-26-27-28-29-30-31-32-33-34-35-36-37-38-39-40-41-42-43-44-45-46-47-49-51-53-60(63)69-58(56-66-59(62)52-50-48-11-9-7-2)57-68-70(64,65)67-55-54-61(3,4)5/h8,10,13-14,16-17,19-20,22-23,25-26,28-29,31-32,34-35,58H,6-7,9,11-12,15,18,21,24,27,30,33,36-57H2,1-5H3/p+1/b10-8-,14-13-,17-16-,20-19-,23-22-,26-25-,29-28-,32-31-,35-34-. The lowest BCUT2D eigenvalue weighted by molar-refractivity contribution is -0.870. The lowest BCUT2D eigenvalue weighted by atomic mass is 10.0. The molecule has 0 bridgehead atoms. The van der Waals surface area contributed by atoms with Crippen molar-refractivity contribution in [2.24, 2.45) is 0 Å². The van der Waals surface area contributed by atoms with E-state index in [0.29, 0.717) is 17.4 Å². The number of unbranched alkanes of at least 4 members (excludes halogenated alkanes) is 17. The van der Waals surface area contributed by atoms with Crippen LogP contribution in [0.3, 0.4) is 0 Å². The summed E-state index contributed by atoms with van der Waals surface area (Å²) in [6, 6.07) is 0. The number of rotatable bonds is 49. The number of hydrogen-bond acceptors (Lipinski definition) is 7. The molecule has 0 radical (unpaired) electrons. The Bertz CT molecular complexity index is 1550.